The topological polar surface area (TPSA) is 37.8 Å². The average molecular weight is 381 g/mol. The predicted octanol–water partition coefficient (Wildman–Crippen LogP) is 5.46. The lowest BCUT2D eigenvalue weighted by molar-refractivity contribution is -0.137. The molecule has 0 saturated carbocycles. The van der Waals surface area contributed by atoms with Gasteiger partial charge >= 0.3 is 6.18 Å². The highest BCUT2D eigenvalue weighted by atomic mass is 32.2. The van der Waals surface area contributed by atoms with Gasteiger partial charge in [-0.15, -0.1) is 10.2 Å². The maximum atomic E-state index is 12.5. The molecule has 0 radical (unpaired) electrons. The molecule has 0 aliphatic carbocycles. The third-order valence-corrected chi connectivity index (χ3v) is 5.42. The van der Waals surface area contributed by atoms with Crippen molar-refractivity contribution in [1.29, 1.82) is 0 Å². The zero-order valence-electron chi connectivity index (χ0n) is 13.0. The fraction of sp³-hybridized carbons (Fsp3) is 0.176. The van der Waals surface area contributed by atoms with E-state index in [0.29, 0.717) is 12.3 Å². The van der Waals surface area contributed by atoms with Crippen molar-refractivity contribution < 1.29 is 13.2 Å². The van der Waals surface area contributed by atoms with Crippen molar-refractivity contribution in [3.63, 3.8) is 0 Å². The maximum absolute atomic E-state index is 12.5. The summed E-state index contributed by atoms with van der Waals surface area (Å²) in [4.78, 5) is 0. The molecule has 1 aromatic heterocycles. The fourth-order valence-corrected chi connectivity index (χ4v) is 3.75. The molecule has 25 heavy (non-hydrogen) atoms. The number of halogens is 3. The van der Waals surface area contributed by atoms with E-state index in [-0.39, 0.29) is 0 Å². The summed E-state index contributed by atoms with van der Waals surface area (Å²) in [6.45, 7) is 0.666. The van der Waals surface area contributed by atoms with Gasteiger partial charge in [-0.1, -0.05) is 65.6 Å². The molecule has 2 aromatic carbocycles. The Bertz CT molecular complexity index is 802. The van der Waals surface area contributed by atoms with Crippen molar-refractivity contribution in [1.82, 2.24) is 10.2 Å². The monoisotopic (exact) mass is 381 g/mol. The Labute approximate surface area is 151 Å². The SMILES string of the molecule is FC(F)(F)c1ccc(CSc2nnc(NCc3ccccc3)s2)cc1. The summed E-state index contributed by atoms with van der Waals surface area (Å²) < 4.78 is 38.4. The van der Waals surface area contributed by atoms with E-state index in [0.717, 1.165) is 32.7 Å². The maximum Gasteiger partial charge on any atom is 0.416 e. The molecule has 0 fully saturated rings. The first-order valence-electron chi connectivity index (χ1n) is 7.41. The van der Waals surface area contributed by atoms with Gasteiger partial charge in [0.05, 0.1) is 5.56 Å². The van der Waals surface area contributed by atoms with Crippen LogP contribution in [0.4, 0.5) is 18.3 Å². The van der Waals surface area contributed by atoms with Crippen LogP contribution in [-0.4, -0.2) is 10.2 Å². The summed E-state index contributed by atoms with van der Waals surface area (Å²) in [5, 5.41) is 12.1. The van der Waals surface area contributed by atoms with Gasteiger partial charge in [-0.2, -0.15) is 13.2 Å². The molecule has 1 heterocycles. The van der Waals surface area contributed by atoms with Crippen LogP contribution in [0.1, 0.15) is 16.7 Å². The lowest BCUT2D eigenvalue weighted by Crippen LogP contribution is -2.04. The van der Waals surface area contributed by atoms with E-state index >= 15 is 0 Å². The molecule has 3 rings (SSSR count). The smallest absolute Gasteiger partial charge is 0.356 e. The normalized spacial score (nSPS) is 11.5. The molecule has 3 aromatic rings. The van der Waals surface area contributed by atoms with E-state index in [2.05, 4.69) is 15.5 Å². The van der Waals surface area contributed by atoms with Crippen LogP contribution in [0.25, 0.3) is 0 Å². The fourth-order valence-electron chi connectivity index (χ4n) is 2.05. The standard InChI is InChI=1S/C17H14F3N3S2/c18-17(19,20)14-8-6-13(7-9-14)11-24-16-23-22-15(25-16)21-10-12-4-2-1-3-5-12/h1-9H,10-11H2,(H,21,22). The lowest BCUT2D eigenvalue weighted by Gasteiger charge is -2.06. The summed E-state index contributed by atoms with van der Waals surface area (Å²) in [7, 11) is 0. The van der Waals surface area contributed by atoms with Crippen molar-refractivity contribution in [3.8, 4) is 0 Å². The number of hydrogen-bond donors (Lipinski definition) is 1. The Morgan fingerprint density at radius 1 is 0.920 bits per heavy atom. The molecule has 0 atom stereocenters. The summed E-state index contributed by atoms with van der Waals surface area (Å²) in [6, 6.07) is 15.1. The van der Waals surface area contributed by atoms with Crippen molar-refractivity contribution in [2.75, 3.05) is 5.32 Å². The van der Waals surface area contributed by atoms with Crippen molar-refractivity contribution in [3.05, 3.63) is 71.3 Å². The Hall–Kier alpha value is -2.06. The van der Waals surface area contributed by atoms with Gasteiger partial charge in [0, 0.05) is 12.3 Å². The molecule has 8 heteroatoms. The van der Waals surface area contributed by atoms with Crippen LogP contribution in [0.15, 0.2) is 58.9 Å². The van der Waals surface area contributed by atoms with Crippen molar-refractivity contribution in [2.24, 2.45) is 0 Å². The zero-order valence-corrected chi connectivity index (χ0v) is 14.6. The van der Waals surface area contributed by atoms with Crippen LogP contribution < -0.4 is 5.32 Å². The quantitative estimate of drug-likeness (QED) is 0.575. The molecule has 0 aliphatic rings. The average Bonchev–Trinajstić information content (AvgIpc) is 3.07. The number of aromatic nitrogens is 2. The van der Waals surface area contributed by atoms with Gasteiger partial charge in [0.2, 0.25) is 5.13 Å². The van der Waals surface area contributed by atoms with Gasteiger partial charge in [-0.3, -0.25) is 0 Å². The van der Waals surface area contributed by atoms with E-state index in [1.54, 1.807) is 0 Å². The van der Waals surface area contributed by atoms with E-state index in [4.69, 9.17) is 0 Å². The third kappa shape index (κ3) is 5.20. The molecule has 130 valence electrons. The van der Waals surface area contributed by atoms with Gasteiger partial charge in [0.15, 0.2) is 4.34 Å². The van der Waals surface area contributed by atoms with Gasteiger partial charge in [-0.05, 0) is 23.3 Å². The number of rotatable bonds is 6. The molecule has 0 spiro atoms. The summed E-state index contributed by atoms with van der Waals surface area (Å²) >= 11 is 2.88. The third-order valence-electron chi connectivity index (χ3n) is 3.34. The highest BCUT2D eigenvalue weighted by Gasteiger charge is 2.29. The minimum Gasteiger partial charge on any atom is -0.356 e. The molecule has 0 unspecified atom stereocenters. The second-order valence-electron chi connectivity index (χ2n) is 5.20. The zero-order chi connectivity index (χ0) is 17.7. The molecule has 0 aliphatic heterocycles. The number of alkyl halides is 3. The van der Waals surface area contributed by atoms with Gasteiger partial charge in [-0.25, -0.2) is 0 Å². The lowest BCUT2D eigenvalue weighted by atomic mass is 10.1. The van der Waals surface area contributed by atoms with Crippen LogP contribution in [0.2, 0.25) is 0 Å². The summed E-state index contributed by atoms with van der Waals surface area (Å²) in [5.41, 5.74) is 1.33. The van der Waals surface area contributed by atoms with Crippen molar-refractivity contribution in [2.45, 2.75) is 22.8 Å². The summed E-state index contributed by atoms with van der Waals surface area (Å²) in [6.07, 6.45) is -4.30. The van der Waals surface area contributed by atoms with E-state index in [9.17, 15) is 13.2 Å². The van der Waals surface area contributed by atoms with Crippen LogP contribution in [0.5, 0.6) is 0 Å². The number of nitrogens with one attached hydrogen (secondary N) is 1. The first-order valence-corrected chi connectivity index (χ1v) is 9.21. The van der Waals surface area contributed by atoms with Gasteiger partial charge in [0.25, 0.3) is 0 Å². The van der Waals surface area contributed by atoms with Crippen LogP contribution in [0, 0.1) is 0 Å². The van der Waals surface area contributed by atoms with Gasteiger partial charge in [0.1, 0.15) is 0 Å². The minimum atomic E-state index is -4.30. The summed E-state index contributed by atoms with van der Waals surface area (Å²) in [5.74, 6) is 0.547. The molecule has 1 N–H and O–H groups in total. The number of anilines is 1. The van der Waals surface area contributed by atoms with E-state index in [1.807, 2.05) is 30.3 Å². The Morgan fingerprint density at radius 3 is 2.32 bits per heavy atom. The van der Waals surface area contributed by atoms with Crippen LogP contribution in [-0.2, 0) is 18.5 Å². The highest BCUT2D eigenvalue weighted by Crippen LogP contribution is 2.31. The van der Waals surface area contributed by atoms with Crippen LogP contribution >= 0.6 is 23.1 Å². The Balaban J connectivity index is 1.51. The van der Waals surface area contributed by atoms with Crippen LogP contribution in [0.3, 0.4) is 0 Å². The first kappa shape index (κ1) is 17.8. The molecule has 0 saturated heterocycles. The minimum absolute atomic E-state index is 0.547. The van der Waals surface area contributed by atoms with E-state index in [1.165, 1.54) is 35.2 Å². The molecule has 0 amide bonds. The highest BCUT2D eigenvalue weighted by molar-refractivity contribution is 8.00. The second kappa shape index (κ2) is 7.88. The van der Waals surface area contributed by atoms with Gasteiger partial charge < -0.3 is 5.32 Å². The van der Waals surface area contributed by atoms with Crippen molar-refractivity contribution >= 4 is 28.2 Å². The second-order valence-corrected chi connectivity index (χ2v) is 7.40. The Kier molecular flexibility index (Phi) is 5.60. The Morgan fingerprint density at radius 2 is 1.64 bits per heavy atom. The molecular formula is C17H14F3N3S2. The molecular weight excluding hydrogens is 367 g/mol. The number of thioether (sulfide) groups is 1. The number of benzene rings is 2. The largest absolute Gasteiger partial charge is 0.416 e. The number of nitrogens with zero attached hydrogens (tertiary/aromatic N) is 2. The first-order chi connectivity index (χ1) is 12.0. The number of hydrogen-bond acceptors (Lipinski definition) is 5. The predicted molar refractivity (Wildman–Crippen MR) is 94.7 cm³/mol. The van der Waals surface area contributed by atoms with E-state index < -0.39 is 11.7 Å². The molecule has 0 bridgehead atoms. The molecule has 3 nitrogen and oxygen atoms in total.